The highest BCUT2D eigenvalue weighted by Crippen LogP contribution is 2.33. The van der Waals surface area contributed by atoms with Gasteiger partial charge in [-0.2, -0.15) is 13.2 Å². The van der Waals surface area contributed by atoms with Crippen molar-refractivity contribution in [2.24, 2.45) is 0 Å². The molecule has 7 nitrogen and oxygen atoms in total. The van der Waals surface area contributed by atoms with E-state index < -0.39 is 16.7 Å². The second kappa shape index (κ2) is 8.79. The molecule has 1 saturated heterocycles. The van der Waals surface area contributed by atoms with Crippen molar-refractivity contribution >= 4 is 16.6 Å². The number of rotatable bonds is 5. The van der Waals surface area contributed by atoms with Gasteiger partial charge in [-0.25, -0.2) is 9.97 Å². The number of nitrogens with zero attached hydrogens (tertiary/aromatic N) is 5. The SMILES string of the molecule is CCN1CCN(Cc2cc(-c3ncc4ccc([N+](=O)[O-])cc4n3)cc(C(F)(F)F)c2)CC1. The average Bonchev–Trinajstić information content (AvgIpc) is 2.78. The summed E-state index contributed by atoms with van der Waals surface area (Å²) in [5.74, 6) is 0.0983. The Hall–Kier alpha value is -3.11. The number of fused-ring (bicyclic) bond motifs is 1. The van der Waals surface area contributed by atoms with E-state index in [0.29, 0.717) is 23.0 Å². The van der Waals surface area contributed by atoms with Crippen LogP contribution in [0.3, 0.4) is 0 Å². The molecule has 1 aliphatic heterocycles. The standard InChI is InChI=1S/C22H22F3N5O2/c1-2-28-5-7-29(8-6-28)14-15-9-17(11-18(10-15)22(23,24)25)21-26-13-16-3-4-19(30(31)32)12-20(16)27-21/h3-4,9-13H,2,5-8,14H2,1H3. The number of likely N-dealkylation sites (N-methyl/N-ethyl adjacent to an activating group) is 1. The summed E-state index contributed by atoms with van der Waals surface area (Å²) in [7, 11) is 0. The zero-order valence-corrected chi connectivity index (χ0v) is 17.5. The Morgan fingerprint density at radius 1 is 1.06 bits per heavy atom. The number of alkyl halides is 3. The molecule has 0 unspecified atom stereocenters. The predicted molar refractivity (Wildman–Crippen MR) is 114 cm³/mol. The average molecular weight is 445 g/mol. The normalized spacial score (nSPS) is 15.9. The van der Waals surface area contributed by atoms with Gasteiger partial charge in [-0.15, -0.1) is 0 Å². The van der Waals surface area contributed by atoms with Crippen LogP contribution in [0.2, 0.25) is 0 Å². The Bertz CT molecular complexity index is 1140. The first kappa shape index (κ1) is 22.1. The third-order valence-electron chi connectivity index (χ3n) is 5.67. The maximum atomic E-state index is 13.6. The van der Waals surface area contributed by atoms with Crippen LogP contribution in [-0.4, -0.2) is 57.4 Å². The van der Waals surface area contributed by atoms with E-state index in [1.165, 1.54) is 30.5 Å². The Kier molecular flexibility index (Phi) is 6.07. The van der Waals surface area contributed by atoms with E-state index in [-0.39, 0.29) is 17.1 Å². The number of piperazine rings is 1. The van der Waals surface area contributed by atoms with Crippen molar-refractivity contribution in [3.63, 3.8) is 0 Å². The van der Waals surface area contributed by atoms with Crippen LogP contribution in [0.15, 0.2) is 42.6 Å². The molecular weight excluding hydrogens is 423 g/mol. The first-order valence-electron chi connectivity index (χ1n) is 10.3. The molecule has 168 valence electrons. The van der Waals surface area contributed by atoms with Gasteiger partial charge in [0.1, 0.15) is 0 Å². The van der Waals surface area contributed by atoms with Crippen molar-refractivity contribution in [3.05, 3.63) is 63.8 Å². The van der Waals surface area contributed by atoms with Gasteiger partial charge in [0.05, 0.1) is 16.0 Å². The van der Waals surface area contributed by atoms with Crippen LogP contribution in [0.25, 0.3) is 22.3 Å². The minimum absolute atomic E-state index is 0.0983. The van der Waals surface area contributed by atoms with Gasteiger partial charge in [0.2, 0.25) is 0 Å². The first-order chi connectivity index (χ1) is 15.2. The van der Waals surface area contributed by atoms with Gasteiger partial charge in [0, 0.05) is 62.0 Å². The minimum atomic E-state index is -4.51. The number of nitro groups is 1. The van der Waals surface area contributed by atoms with Crippen LogP contribution >= 0.6 is 0 Å². The molecule has 0 bridgehead atoms. The largest absolute Gasteiger partial charge is 0.416 e. The smallest absolute Gasteiger partial charge is 0.301 e. The first-order valence-corrected chi connectivity index (χ1v) is 10.3. The lowest BCUT2D eigenvalue weighted by molar-refractivity contribution is -0.384. The molecule has 0 saturated carbocycles. The van der Waals surface area contributed by atoms with Crippen LogP contribution < -0.4 is 0 Å². The fourth-order valence-corrected chi connectivity index (χ4v) is 3.86. The van der Waals surface area contributed by atoms with E-state index in [0.717, 1.165) is 38.8 Å². The quantitative estimate of drug-likeness (QED) is 0.429. The van der Waals surface area contributed by atoms with Gasteiger partial charge in [0.15, 0.2) is 5.82 Å². The van der Waals surface area contributed by atoms with E-state index in [1.54, 1.807) is 6.07 Å². The molecule has 0 atom stereocenters. The van der Waals surface area contributed by atoms with E-state index in [4.69, 9.17) is 0 Å². The van der Waals surface area contributed by atoms with E-state index in [9.17, 15) is 23.3 Å². The topological polar surface area (TPSA) is 75.4 Å². The van der Waals surface area contributed by atoms with Crippen molar-refractivity contribution in [1.82, 2.24) is 19.8 Å². The van der Waals surface area contributed by atoms with Crippen molar-refractivity contribution in [3.8, 4) is 11.4 Å². The highest BCUT2D eigenvalue weighted by Gasteiger charge is 2.32. The maximum absolute atomic E-state index is 13.6. The molecule has 2 aromatic carbocycles. The summed E-state index contributed by atoms with van der Waals surface area (Å²) in [6.07, 6.45) is -3.05. The number of non-ortho nitro benzene ring substituents is 1. The molecule has 1 aliphatic rings. The summed E-state index contributed by atoms with van der Waals surface area (Å²) in [5.41, 5.74) is 0.162. The molecule has 3 aromatic rings. The number of benzene rings is 2. The zero-order valence-electron chi connectivity index (χ0n) is 17.5. The summed E-state index contributed by atoms with van der Waals surface area (Å²) in [4.78, 5) is 23.5. The number of nitro benzene ring substituents is 1. The number of hydrogen-bond acceptors (Lipinski definition) is 6. The van der Waals surface area contributed by atoms with Crippen LogP contribution in [0, 0.1) is 10.1 Å². The second-order valence-electron chi connectivity index (χ2n) is 7.82. The lowest BCUT2D eigenvalue weighted by Crippen LogP contribution is -2.45. The van der Waals surface area contributed by atoms with E-state index in [2.05, 4.69) is 26.7 Å². The second-order valence-corrected chi connectivity index (χ2v) is 7.82. The number of halogens is 3. The Labute approximate surface area is 182 Å². The summed E-state index contributed by atoms with van der Waals surface area (Å²) in [6, 6.07) is 8.01. The molecular formula is C22H22F3N5O2. The van der Waals surface area contributed by atoms with Crippen LogP contribution in [0.4, 0.5) is 18.9 Å². The Morgan fingerprint density at radius 3 is 2.44 bits per heavy atom. The highest BCUT2D eigenvalue weighted by molar-refractivity contribution is 5.81. The van der Waals surface area contributed by atoms with Crippen LogP contribution in [0.5, 0.6) is 0 Å². The third kappa shape index (κ3) is 4.86. The maximum Gasteiger partial charge on any atom is 0.416 e. The monoisotopic (exact) mass is 445 g/mol. The molecule has 0 spiro atoms. The number of hydrogen-bond donors (Lipinski definition) is 0. The molecule has 0 N–H and O–H groups in total. The van der Waals surface area contributed by atoms with Crippen molar-refractivity contribution in [2.45, 2.75) is 19.6 Å². The predicted octanol–water partition coefficient (Wildman–Crippen LogP) is 4.36. The molecule has 0 aliphatic carbocycles. The lowest BCUT2D eigenvalue weighted by Gasteiger charge is -2.34. The molecule has 2 heterocycles. The Balaban J connectivity index is 1.70. The van der Waals surface area contributed by atoms with Gasteiger partial charge in [-0.1, -0.05) is 6.92 Å². The summed E-state index contributed by atoms with van der Waals surface area (Å²) in [6.45, 7) is 6.79. The van der Waals surface area contributed by atoms with Crippen LogP contribution in [0.1, 0.15) is 18.1 Å². The van der Waals surface area contributed by atoms with Gasteiger partial charge in [0.25, 0.3) is 5.69 Å². The van der Waals surface area contributed by atoms with Gasteiger partial charge in [-0.3, -0.25) is 15.0 Å². The highest BCUT2D eigenvalue weighted by atomic mass is 19.4. The fourth-order valence-electron chi connectivity index (χ4n) is 3.86. The summed E-state index contributed by atoms with van der Waals surface area (Å²) >= 11 is 0. The molecule has 1 aromatic heterocycles. The van der Waals surface area contributed by atoms with Gasteiger partial charge >= 0.3 is 6.18 Å². The molecule has 0 radical (unpaired) electrons. The van der Waals surface area contributed by atoms with Gasteiger partial charge in [-0.05, 0) is 36.4 Å². The summed E-state index contributed by atoms with van der Waals surface area (Å²) < 4.78 is 40.8. The summed E-state index contributed by atoms with van der Waals surface area (Å²) in [5, 5.41) is 11.6. The zero-order chi connectivity index (χ0) is 22.9. The van der Waals surface area contributed by atoms with Crippen molar-refractivity contribution in [1.29, 1.82) is 0 Å². The lowest BCUT2D eigenvalue weighted by atomic mass is 10.0. The van der Waals surface area contributed by atoms with Crippen molar-refractivity contribution < 1.29 is 18.1 Å². The van der Waals surface area contributed by atoms with Gasteiger partial charge < -0.3 is 4.90 Å². The molecule has 1 fully saturated rings. The third-order valence-corrected chi connectivity index (χ3v) is 5.67. The van der Waals surface area contributed by atoms with E-state index >= 15 is 0 Å². The minimum Gasteiger partial charge on any atom is -0.301 e. The molecule has 0 amide bonds. The van der Waals surface area contributed by atoms with Crippen LogP contribution in [-0.2, 0) is 12.7 Å². The molecule has 4 rings (SSSR count). The molecule has 10 heteroatoms. The number of aromatic nitrogens is 2. The van der Waals surface area contributed by atoms with E-state index in [1.807, 2.05) is 0 Å². The van der Waals surface area contributed by atoms with Crippen molar-refractivity contribution in [2.75, 3.05) is 32.7 Å². The molecule has 32 heavy (non-hydrogen) atoms. The fraction of sp³-hybridized carbons (Fsp3) is 0.364. The Morgan fingerprint density at radius 2 is 1.78 bits per heavy atom.